The molecule has 0 atom stereocenters. The Morgan fingerprint density at radius 3 is 2.62 bits per heavy atom. The van der Waals surface area contributed by atoms with Crippen molar-refractivity contribution in [2.75, 3.05) is 19.5 Å². The molecule has 3 rings (SSSR count). The molecule has 0 saturated carbocycles. The third-order valence-electron chi connectivity index (χ3n) is 3.35. The topological polar surface area (TPSA) is 69.4 Å². The summed E-state index contributed by atoms with van der Waals surface area (Å²) in [6.07, 6.45) is 0.443. The number of nitrogens with one attached hydrogen (secondary N) is 1. The van der Waals surface area contributed by atoms with Gasteiger partial charge in [0.1, 0.15) is 5.82 Å². The minimum atomic E-state index is -0.343. The second kappa shape index (κ2) is 6.99. The molecule has 0 radical (unpaired) electrons. The van der Waals surface area contributed by atoms with Crippen molar-refractivity contribution in [1.29, 1.82) is 0 Å². The van der Waals surface area contributed by atoms with Crippen LogP contribution < -0.4 is 14.8 Å². The van der Waals surface area contributed by atoms with Crippen molar-refractivity contribution < 1.29 is 18.3 Å². The molecule has 0 aliphatic carbocycles. The highest BCUT2D eigenvalue weighted by Crippen LogP contribution is 2.28. The zero-order valence-corrected chi connectivity index (χ0v) is 13.2. The number of benzene rings is 2. The number of nitrogens with zero attached hydrogens (tertiary/aromatic N) is 2. The fourth-order valence-electron chi connectivity index (χ4n) is 2.23. The maximum absolute atomic E-state index is 13.2. The van der Waals surface area contributed by atoms with Gasteiger partial charge in [0.25, 0.3) is 0 Å². The lowest BCUT2D eigenvalue weighted by Crippen LogP contribution is -1.94. The van der Waals surface area contributed by atoms with Gasteiger partial charge in [-0.15, -0.1) is 5.10 Å². The molecular weight excluding hydrogens is 313 g/mol. The summed E-state index contributed by atoms with van der Waals surface area (Å²) in [6, 6.07) is 11.8. The van der Waals surface area contributed by atoms with Gasteiger partial charge in [-0.3, -0.25) is 0 Å². The molecule has 24 heavy (non-hydrogen) atoms. The van der Waals surface area contributed by atoms with E-state index in [1.54, 1.807) is 26.4 Å². The first-order chi connectivity index (χ1) is 11.7. The van der Waals surface area contributed by atoms with Gasteiger partial charge in [0.2, 0.25) is 5.89 Å². The Kier molecular flexibility index (Phi) is 4.60. The number of halogens is 1. The highest BCUT2D eigenvalue weighted by atomic mass is 19.1. The smallest absolute Gasteiger partial charge is 0.320 e. The van der Waals surface area contributed by atoms with Crippen LogP contribution in [0.5, 0.6) is 11.5 Å². The van der Waals surface area contributed by atoms with Crippen LogP contribution >= 0.6 is 0 Å². The van der Waals surface area contributed by atoms with Crippen LogP contribution in [0, 0.1) is 5.82 Å². The predicted molar refractivity (Wildman–Crippen MR) is 86.3 cm³/mol. The summed E-state index contributed by atoms with van der Waals surface area (Å²) in [4.78, 5) is 0. The number of rotatable bonds is 6. The third-order valence-corrected chi connectivity index (χ3v) is 3.35. The van der Waals surface area contributed by atoms with E-state index in [1.807, 2.05) is 18.2 Å². The molecule has 0 amide bonds. The average molecular weight is 329 g/mol. The maximum Gasteiger partial charge on any atom is 0.320 e. The van der Waals surface area contributed by atoms with Gasteiger partial charge in [-0.25, -0.2) is 4.39 Å². The van der Waals surface area contributed by atoms with E-state index in [-0.39, 0.29) is 11.8 Å². The zero-order valence-electron chi connectivity index (χ0n) is 13.2. The molecule has 0 aliphatic heterocycles. The summed E-state index contributed by atoms with van der Waals surface area (Å²) >= 11 is 0. The van der Waals surface area contributed by atoms with Crippen molar-refractivity contribution in [1.82, 2.24) is 10.2 Å². The predicted octanol–water partition coefficient (Wildman–Crippen LogP) is 3.56. The SMILES string of the molecule is COc1ccc(Cc2nnc(Nc3cccc(F)c3)o2)cc1OC. The number of hydrogen-bond acceptors (Lipinski definition) is 6. The van der Waals surface area contributed by atoms with E-state index < -0.39 is 0 Å². The summed E-state index contributed by atoms with van der Waals surface area (Å²) in [6.45, 7) is 0. The molecule has 0 spiro atoms. The quantitative estimate of drug-likeness (QED) is 0.746. The fourth-order valence-corrected chi connectivity index (χ4v) is 2.23. The van der Waals surface area contributed by atoms with E-state index in [2.05, 4.69) is 15.5 Å². The summed E-state index contributed by atoms with van der Waals surface area (Å²) in [7, 11) is 3.16. The van der Waals surface area contributed by atoms with Crippen molar-refractivity contribution in [3.05, 3.63) is 59.7 Å². The van der Waals surface area contributed by atoms with E-state index in [1.165, 1.54) is 12.1 Å². The van der Waals surface area contributed by atoms with Crippen LogP contribution in [0.25, 0.3) is 0 Å². The van der Waals surface area contributed by atoms with Gasteiger partial charge in [-0.2, -0.15) is 0 Å². The fraction of sp³-hybridized carbons (Fsp3) is 0.176. The van der Waals surface area contributed by atoms with Crippen molar-refractivity contribution in [2.24, 2.45) is 0 Å². The first-order valence-electron chi connectivity index (χ1n) is 7.24. The van der Waals surface area contributed by atoms with Gasteiger partial charge in [0, 0.05) is 5.69 Å². The largest absolute Gasteiger partial charge is 0.493 e. The molecule has 124 valence electrons. The molecule has 0 fully saturated rings. The molecule has 0 aliphatic rings. The second-order valence-corrected chi connectivity index (χ2v) is 5.00. The van der Waals surface area contributed by atoms with Crippen molar-refractivity contribution in [2.45, 2.75) is 6.42 Å². The van der Waals surface area contributed by atoms with Crippen LogP contribution in [0.2, 0.25) is 0 Å². The first-order valence-corrected chi connectivity index (χ1v) is 7.24. The average Bonchev–Trinajstić information content (AvgIpc) is 3.01. The Balaban J connectivity index is 1.72. The number of methoxy groups -OCH3 is 2. The van der Waals surface area contributed by atoms with Crippen molar-refractivity contribution in [3.8, 4) is 11.5 Å². The van der Waals surface area contributed by atoms with Crippen molar-refractivity contribution in [3.63, 3.8) is 0 Å². The summed E-state index contributed by atoms with van der Waals surface area (Å²) in [5.74, 6) is 1.37. The summed E-state index contributed by atoms with van der Waals surface area (Å²) < 4.78 is 29.2. The number of anilines is 2. The first kappa shape index (κ1) is 15.8. The van der Waals surface area contributed by atoms with Crippen molar-refractivity contribution >= 4 is 11.7 Å². The minimum Gasteiger partial charge on any atom is -0.493 e. The molecule has 0 unspecified atom stereocenters. The summed E-state index contributed by atoms with van der Waals surface area (Å²) in [5.41, 5.74) is 1.48. The third kappa shape index (κ3) is 3.62. The van der Waals surface area contributed by atoms with Crippen LogP contribution in [0.4, 0.5) is 16.1 Å². The molecule has 2 aromatic carbocycles. The lowest BCUT2D eigenvalue weighted by Gasteiger charge is -2.08. The van der Waals surface area contributed by atoms with Crippen LogP contribution in [-0.2, 0) is 6.42 Å². The normalized spacial score (nSPS) is 10.5. The number of aromatic nitrogens is 2. The van der Waals surface area contributed by atoms with E-state index in [4.69, 9.17) is 13.9 Å². The number of hydrogen-bond donors (Lipinski definition) is 1. The molecular formula is C17H16FN3O3. The summed E-state index contributed by atoms with van der Waals surface area (Å²) in [5, 5.41) is 10.8. The van der Waals surface area contributed by atoms with Gasteiger partial charge >= 0.3 is 6.01 Å². The molecule has 1 N–H and O–H groups in total. The highest BCUT2D eigenvalue weighted by Gasteiger charge is 2.10. The standard InChI is InChI=1S/C17H16FN3O3/c1-22-14-7-6-11(8-15(14)23-2)9-16-20-21-17(24-16)19-13-5-3-4-12(18)10-13/h3-8,10H,9H2,1-2H3,(H,19,21). The lowest BCUT2D eigenvalue weighted by atomic mass is 10.1. The zero-order chi connectivity index (χ0) is 16.9. The molecule has 6 nitrogen and oxygen atoms in total. The Hall–Kier alpha value is -3.09. The van der Waals surface area contributed by atoms with Crippen LogP contribution in [-0.4, -0.2) is 24.4 Å². The Labute approximate surface area is 138 Å². The minimum absolute atomic E-state index is 0.205. The Morgan fingerprint density at radius 2 is 1.88 bits per heavy atom. The van der Waals surface area contributed by atoms with Gasteiger partial charge in [0.05, 0.1) is 20.6 Å². The molecule has 1 aromatic heterocycles. The van der Waals surface area contributed by atoms with Gasteiger partial charge in [0.15, 0.2) is 11.5 Å². The van der Waals surface area contributed by atoms with Crippen LogP contribution in [0.1, 0.15) is 11.5 Å². The van der Waals surface area contributed by atoms with Gasteiger partial charge < -0.3 is 19.2 Å². The van der Waals surface area contributed by atoms with Crippen LogP contribution in [0.3, 0.4) is 0 Å². The van der Waals surface area contributed by atoms with E-state index in [0.717, 1.165) is 5.56 Å². The molecule has 3 aromatic rings. The maximum atomic E-state index is 13.2. The Morgan fingerprint density at radius 1 is 1.04 bits per heavy atom. The second-order valence-electron chi connectivity index (χ2n) is 5.00. The molecule has 0 bridgehead atoms. The highest BCUT2D eigenvalue weighted by molar-refractivity contribution is 5.51. The monoisotopic (exact) mass is 329 g/mol. The van der Waals surface area contributed by atoms with Crippen LogP contribution in [0.15, 0.2) is 46.9 Å². The van der Waals surface area contributed by atoms with Gasteiger partial charge in [-0.1, -0.05) is 17.2 Å². The molecule has 7 heteroatoms. The van der Waals surface area contributed by atoms with Gasteiger partial charge in [-0.05, 0) is 35.9 Å². The van der Waals surface area contributed by atoms with E-state index in [0.29, 0.717) is 29.5 Å². The Bertz CT molecular complexity index is 835. The molecule has 0 saturated heterocycles. The number of ether oxygens (including phenoxy) is 2. The van der Waals surface area contributed by atoms with E-state index >= 15 is 0 Å². The van der Waals surface area contributed by atoms with E-state index in [9.17, 15) is 4.39 Å². The molecule has 1 heterocycles. The lowest BCUT2D eigenvalue weighted by molar-refractivity contribution is 0.354.